The molecule has 0 amide bonds. The summed E-state index contributed by atoms with van der Waals surface area (Å²) in [5.41, 5.74) is 1.49. The van der Waals surface area contributed by atoms with Gasteiger partial charge in [-0.05, 0) is 37.5 Å². The number of likely N-dealkylation sites (tertiary alicyclic amines) is 1. The van der Waals surface area contributed by atoms with Crippen LogP contribution in [-0.2, 0) is 11.3 Å². The van der Waals surface area contributed by atoms with Gasteiger partial charge in [-0.2, -0.15) is 0 Å². The number of hydrogen-bond donors (Lipinski definition) is 1. The maximum atomic E-state index is 6.04. The Morgan fingerprint density at radius 2 is 2.30 bits per heavy atom. The third-order valence-electron chi connectivity index (χ3n) is 4.56. The number of rotatable bonds is 3. The van der Waals surface area contributed by atoms with E-state index in [4.69, 9.17) is 21.3 Å². The molecular weight excluding hydrogens is 425 g/mol. The first-order valence-electron chi connectivity index (χ1n) is 8.06. The molecule has 0 saturated carbocycles. The first kappa shape index (κ1) is 18.8. The zero-order valence-electron chi connectivity index (χ0n) is 13.6. The van der Waals surface area contributed by atoms with Gasteiger partial charge in [0.25, 0.3) is 0 Å². The number of benzene rings is 1. The van der Waals surface area contributed by atoms with E-state index < -0.39 is 0 Å². The lowest BCUT2D eigenvalue weighted by Crippen LogP contribution is -2.41. The minimum absolute atomic E-state index is 0. The number of guanidine groups is 1. The highest BCUT2D eigenvalue weighted by Gasteiger charge is 2.42. The van der Waals surface area contributed by atoms with Gasteiger partial charge in [0.15, 0.2) is 5.96 Å². The smallest absolute Gasteiger partial charge is 0.194 e. The van der Waals surface area contributed by atoms with Gasteiger partial charge >= 0.3 is 0 Å². The second kappa shape index (κ2) is 8.53. The molecule has 23 heavy (non-hydrogen) atoms. The van der Waals surface area contributed by atoms with E-state index >= 15 is 0 Å². The van der Waals surface area contributed by atoms with Gasteiger partial charge in [0, 0.05) is 36.7 Å². The molecule has 2 heterocycles. The Labute approximate surface area is 160 Å². The average Bonchev–Trinajstić information content (AvgIpc) is 3.14. The van der Waals surface area contributed by atoms with Gasteiger partial charge in [-0.25, -0.2) is 4.99 Å². The predicted octanol–water partition coefficient (Wildman–Crippen LogP) is 3.54. The maximum absolute atomic E-state index is 6.04. The molecule has 1 aromatic rings. The standard InChI is InChI=1S/C17H24ClN3O.HI/c1-2-19-16(20-11-14-4-3-5-15(18)10-14)21-8-6-17(12-21)7-9-22-13-17;/h3-5,10H,2,6-9,11-13H2,1H3,(H,19,20);1H. The van der Waals surface area contributed by atoms with Crippen LogP contribution in [0.3, 0.4) is 0 Å². The van der Waals surface area contributed by atoms with Gasteiger partial charge in [0.1, 0.15) is 0 Å². The van der Waals surface area contributed by atoms with Crippen molar-refractivity contribution in [3.8, 4) is 0 Å². The lowest BCUT2D eigenvalue weighted by molar-refractivity contribution is 0.156. The topological polar surface area (TPSA) is 36.9 Å². The molecule has 2 aliphatic rings. The highest BCUT2D eigenvalue weighted by atomic mass is 127. The van der Waals surface area contributed by atoms with E-state index in [1.165, 1.54) is 12.8 Å². The molecule has 2 fully saturated rings. The van der Waals surface area contributed by atoms with Crippen molar-refractivity contribution in [3.05, 3.63) is 34.9 Å². The molecule has 0 aliphatic carbocycles. The van der Waals surface area contributed by atoms with Crippen molar-refractivity contribution in [3.63, 3.8) is 0 Å². The molecular formula is C17H25ClIN3O. The van der Waals surface area contributed by atoms with Crippen LogP contribution >= 0.6 is 35.6 Å². The second-order valence-corrected chi connectivity index (χ2v) is 6.71. The Balaban J connectivity index is 0.00000192. The first-order valence-corrected chi connectivity index (χ1v) is 8.44. The van der Waals surface area contributed by atoms with Crippen LogP contribution in [0.4, 0.5) is 0 Å². The van der Waals surface area contributed by atoms with Gasteiger partial charge in [0.2, 0.25) is 0 Å². The zero-order valence-corrected chi connectivity index (χ0v) is 16.6. The zero-order chi connectivity index (χ0) is 15.4. The first-order chi connectivity index (χ1) is 10.7. The fourth-order valence-electron chi connectivity index (χ4n) is 3.31. The van der Waals surface area contributed by atoms with Crippen LogP contribution in [0.25, 0.3) is 0 Å². The lowest BCUT2D eigenvalue weighted by Gasteiger charge is -2.25. The van der Waals surface area contributed by atoms with Gasteiger partial charge in [-0.3, -0.25) is 0 Å². The molecule has 0 bridgehead atoms. The van der Waals surface area contributed by atoms with E-state index in [0.717, 1.165) is 49.4 Å². The normalized spacial score (nSPS) is 24.1. The van der Waals surface area contributed by atoms with Crippen molar-refractivity contribution in [2.75, 3.05) is 32.8 Å². The van der Waals surface area contributed by atoms with Crippen LogP contribution in [0.2, 0.25) is 5.02 Å². The number of ether oxygens (including phenoxy) is 1. The summed E-state index contributed by atoms with van der Waals surface area (Å²) in [5, 5.41) is 4.18. The van der Waals surface area contributed by atoms with E-state index in [2.05, 4.69) is 23.2 Å². The monoisotopic (exact) mass is 449 g/mol. The van der Waals surface area contributed by atoms with Gasteiger partial charge in [-0.15, -0.1) is 24.0 Å². The van der Waals surface area contributed by atoms with Crippen LogP contribution < -0.4 is 5.32 Å². The molecule has 0 aromatic heterocycles. The van der Waals surface area contributed by atoms with Crippen LogP contribution in [0, 0.1) is 5.41 Å². The minimum Gasteiger partial charge on any atom is -0.381 e. The third-order valence-corrected chi connectivity index (χ3v) is 4.79. The summed E-state index contributed by atoms with van der Waals surface area (Å²) in [7, 11) is 0. The highest BCUT2D eigenvalue weighted by Crippen LogP contribution is 2.38. The molecule has 1 aromatic carbocycles. The molecule has 1 atom stereocenters. The highest BCUT2D eigenvalue weighted by molar-refractivity contribution is 14.0. The molecule has 128 valence electrons. The maximum Gasteiger partial charge on any atom is 0.194 e. The molecule has 1 spiro atoms. The predicted molar refractivity (Wildman–Crippen MR) is 106 cm³/mol. The van der Waals surface area contributed by atoms with Crippen molar-refractivity contribution in [1.82, 2.24) is 10.2 Å². The summed E-state index contributed by atoms with van der Waals surface area (Å²) >= 11 is 6.04. The van der Waals surface area contributed by atoms with Gasteiger partial charge < -0.3 is 15.0 Å². The summed E-state index contributed by atoms with van der Waals surface area (Å²) in [6.07, 6.45) is 2.38. The lowest BCUT2D eigenvalue weighted by atomic mass is 9.87. The number of hydrogen-bond acceptors (Lipinski definition) is 2. The molecule has 3 rings (SSSR count). The molecule has 2 saturated heterocycles. The third kappa shape index (κ3) is 4.73. The Kier molecular flexibility index (Phi) is 6.98. The van der Waals surface area contributed by atoms with E-state index in [-0.39, 0.29) is 24.0 Å². The van der Waals surface area contributed by atoms with Gasteiger partial charge in [0.05, 0.1) is 13.2 Å². The van der Waals surface area contributed by atoms with Crippen molar-refractivity contribution < 1.29 is 4.74 Å². The summed E-state index contributed by atoms with van der Waals surface area (Å²) in [6, 6.07) is 7.91. The number of nitrogens with zero attached hydrogens (tertiary/aromatic N) is 2. The van der Waals surface area contributed by atoms with E-state index in [0.29, 0.717) is 12.0 Å². The fraction of sp³-hybridized carbons (Fsp3) is 0.588. The van der Waals surface area contributed by atoms with E-state index in [9.17, 15) is 0 Å². The SMILES string of the molecule is CCNC(=NCc1cccc(Cl)c1)N1CCC2(CCOC2)C1.I. The average molecular weight is 450 g/mol. The number of aliphatic imine (C=N–C) groups is 1. The summed E-state index contributed by atoms with van der Waals surface area (Å²) < 4.78 is 5.61. The van der Waals surface area contributed by atoms with Crippen LogP contribution in [0.15, 0.2) is 29.3 Å². The second-order valence-electron chi connectivity index (χ2n) is 6.27. The Morgan fingerprint density at radius 3 is 3.00 bits per heavy atom. The van der Waals surface area contributed by atoms with E-state index in [1.807, 2.05) is 18.2 Å². The molecule has 0 radical (unpaired) electrons. The summed E-state index contributed by atoms with van der Waals surface area (Å²) in [6.45, 7) is 7.57. The molecule has 4 nitrogen and oxygen atoms in total. The van der Waals surface area contributed by atoms with Crippen LogP contribution in [-0.4, -0.2) is 43.7 Å². The van der Waals surface area contributed by atoms with Gasteiger partial charge in [-0.1, -0.05) is 23.7 Å². The van der Waals surface area contributed by atoms with Crippen molar-refractivity contribution in [1.29, 1.82) is 0 Å². The number of halogens is 2. The molecule has 1 N–H and O–H groups in total. The quantitative estimate of drug-likeness (QED) is 0.436. The Morgan fingerprint density at radius 1 is 1.43 bits per heavy atom. The Hall–Kier alpha value is -0.530. The summed E-state index contributed by atoms with van der Waals surface area (Å²) in [4.78, 5) is 7.17. The van der Waals surface area contributed by atoms with Crippen LogP contribution in [0.1, 0.15) is 25.3 Å². The summed E-state index contributed by atoms with van der Waals surface area (Å²) in [5.74, 6) is 1.01. The minimum atomic E-state index is 0. The molecule has 6 heteroatoms. The van der Waals surface area contributed by atoms with Crippen molar-refractivity contribution in [2.45, 2.75) is 26.3 Å². The fourth-order valence-corrected chi connectivity index (χ4v) is 3.53. The van der Waals surface area contributed by atoms with Crippen molar-refractivity contribution in [2.24, 2.45) is 10.4 Å². The molecule has 2 aliphatic heterocycles. The van der Waals surface area contributed by atoms with E-state index in [1.54, 1.807) is 0 Å². The Bertz CT molecular complexity index is 546. The van der Waals surface area contributed by atoms with Crippen LogP contribution in [0.5, 0.6) is 0 Å². The number of nitrogens with one attached hydrogen (secondary N) is 1. The molecule has 1 unspecified atom stereocenters. The largest absolute Gasteiger partial charge is 0.381 e. The van der Waals surface area contributed by atoms with Crippen molar-refractivity contribution >= 4 is 41.5 Å².